The van der Waals surface area contributed by atoms with Crippen LogP contribution in [0.15, 0.2) is 0 Å². The van der Waals surface area contributed by atoms with Crippen molar-refractivity contribution < 1.29 is 9.03 Å². The maximum absolute atomic E-state index is 5.26. The van der Waals surface area contributed by atoms with E-state index in [1.807, 2.05) is 6.92 Å². The van der Waals surface area contributed by atoms with Crippen LogP contribution in [0.5, 0.6) is 0 Å². The fourth-order valence-electron chi connectivity index (χ4n) is 0.561. The minimum Gasteiger partial charge on any atom is -0.355 e. The van der Waals surface area contributed by atoms with Gasteiger partial charge in [0.05, 0.1) is 11.9 Å². The molecule has 0 amide bonds. The van der Waals surface area contributed by atoms with Crippen LogP contribution in [0.1, 0.15) is 6.92 Å². The van der Waals surface area contributed by atoms with Gasteiger partial charge in [-0.25, -0.2) is 0 Å². The van der Waals surface area contributed by atoms with E-state index in [4.69, 9.17) is 16.6 Å². The van der Waals surface area contributed by atoms with E-state index >= 15 is 0 Å². The van der Waals surface area contributed by atoms with Crippen molar-refractivity contribution in [1.82, 2.24) is 0 Å². The summed E-state index contributed by atoms with van der Waals surface area (Å²) in [4.78, 5) is 0. The summed E-state index contributed by atoms with van der Waals surface area (Å²) < 4.78 is 9.93. The van der Waals surface area contributed by atoms with Crippen molar-refractivity contribution >= 4 is 19.9 Å². The molecule has 0 aliphatic heterocycles. The Balaban J connectivity index is 3.81. The van der Waals surface area contributed by atoms with Gasteiger partial charge < -0.3 is 4.74 Å². The van der Waals surface area contributed by atoms with Crippen molar-refractivity contribution in [2.24, 2.45) is 0 Å². The summed E-state index contributed by atoms with van der Waals surface area (Å²) in [6.45, 7) is 9.03. The van der Waals surface area contributed by atoms with Gasteiger partial charge in [-0.15, -0.1) is 0 Å². The molecule has 0 aromatic rings. The molecule has 1 unspecified atom stereocenters. The first-order valence-corrected chi connectivity index (χ1v) is 7.30. The lowest BCUT2D eigenvalue weighted by Gasteiger charge is -2.24. The van der Waals surface area contributed by atoms with E-state index in [2.05, 4.69) is 23.9 Å². The number of halogens is 1. The summed E-state index contributed by atoms with van der Waals surface area (Å²) in [5, 5.41) is 0. The molecule has 0 N–H and O–H groups in total. The first kappa shape index (κ1) is 10.4. The molecular formula is C6H15ClO2Si. The lowest BCUT2D eigenvalue weighted by Crippen LogP contribution is -2.40. The van der Waals surface area contributed by atoms with Crippen molar-refractivity contribution in [3.8, 4) is 0 Å². The van der Waals surface area contributed by atoms with Crippen LogP contribution < -0.4 is 0 Å². The van der Waals surface area contributed by atoms with Crippen LogP contribution in [0.3, 0.4) is 0 Å². The monoisotopic (exact) mass is 182 g/mol. The maximum atomic E-state index is 5.26. The Morgan fingerprint density at radius 1 is 1.40 bits per heavy atom. The average Bonchev–Trinajstić information content (AvgIpc) is 1.80. The molecule has 0 aromatic heterocycles. The predicted octanol–water partition coefficient (Wildman–Crippen LogP) is 2.40. The van der Waals surface area contributed by atoms with Crippen molar-refractivity contribution in [3.63, 3.8) is 0 Å². The molecular weight excluding hydrogens is 168 g/mol. The van der Waals surface area contributed by atoms with Gasteiger partial charge in [-0.05, 0) is 6.92 Å². The van der Waals surface area contributed by atoms with E-state index in [1.54, 1.807) is 0 Å². The summed E-state index contributed by atoms with van der Waals surface area (Å²) in [6, 6.07) is 0. The number of rotatable bonds is 4. The Kier molecular flexibility index (Phi) is 4.52. The highest BCUT2D eigenvalue weighted by molar-refractivity contribution is 6.77. The zero-order valence-corrected chi connectivity index (χ0v) is 8.73. The Labute approximate surface area is 68.6 Å². The Morgan fingerprint density at radius 2 is 1.90 bits per heavy atom. The van der Waals surface area contributed by atoms with Gasteiger partial charge in [0.2, 0.25) is 0 Å². The molecule has 0 aromatic carbocycles. The van der Waals surface area contributed by atoms with E-state index in [0.717, 1.165) is 0 Å². The van der Waals surface area contributed by atoms with E-state index in [0.29, 0.717) is 6.61 Å². The van der Waals surface area contributed by atoms with Gasteiger partial charge in [0, 0.05) is 6.61 Å². The summed E-state index contributed by atoms with van der Waals surface area (Å²) in [6.07, 6.45) is 0. The molecule has 2 nitrogen and oxygen atoms in total. The SMILES string of the molecule is CCOC(OCl)[Si](C)(C)C. The van der Waals surface area contributed by atoms with Gasteiger partial charge in [0.1, 0.15) is 8.07 Å². The highest BCUT2D eigenvalue weighted by Gasteiger charge is 2.28. The summed E-state index contributed by atoms with van der Waals surface area (Å²) in [7, 11) is -1.38. The summed E-state index contributed by atoms with van der Waals surface area (Å²) in [5.41, 5.74) is 0. The normalized spacial score (nSPS) is 15.3. The van der Waals surface area contributed by atoms with E-state index < -0.39 is 8.07 Å². The zero-order chi connectivity index (χ0) is 8.20. The Morgan fingerprint density at radius 3 is 2.00 bits per heavy atom. The van der Waals surface area contributed by atoms with E-state index in [-0.39, 0.29) is 5.91 Å². The molecule has 0 aliphatic rings. The van der Waals surface area contributed by atoms with Crippen LogP contribution in [0.4, 0.5) is 0 Å². The van der Waals surface area contributed by atoms with Gasteiger partial charge in [0.25, 0.3) is 0 Å². The van der Waals surface area contributed by atoms with Crippen molar-refractivity contribution in [3.05, 3.63) is 0 Å². The first-order valence-electron chi connectivity index (χ1n) is 3.41. The topological polar surface area (TPSA) is 18.5 Å². The average molecular weight is 183 g/mol. The molecule has 1 atom stereocenters. The summed E-state index contributed by atoms with van der Waals surface area (Å²) >= 11 is 5.24. The highest BCUT2D eigenvalue weighted by Crippen LogP contribution is 2.13. The second kappa shape index (κ2) is 4.33. The Bertz CT molecular complexity index is 92.2. The standard InChI is InChI=1S/C6H15ClO2Si/c1-5-8-6(9-7)10(2,3)4/h6H,5H2,1-4H3. The largest absolute Gasteiger partial charge is 0.355 e. The van der Waals surface area contributed by atoms with Gasteiger partial charge in [0.15, 0.2) is 5.91 Å². The van der Waals surface area contributed by atoms with Crippen LogP contribution in [0.2, 0.25) is 19.6 Å². The molecule has 0 bridgehead atoms. The molecule has 4 heteroatoms. The fraction of sp³-hybridized carbons (Fsp3) is 1.00. The lowest BCUT2D eigenvalue weighted by molar-refractivity contribution is -0.0180. The molecule has 0 saturated heterocycles. The third-order valence-electron chi connectivity index (χ3n) is 1.11. The maximum Gasteiger partial charge on any atom is 0.160 e. The van der Waals surface area contributed by atoms with Crippen LogP contribution in [-0.4, -0.2) is 20.6 Å². The fourth-order valence-corrected chi connectivity index (χ4v) is 2.35. The minimum atomic E-state index is -1.38. The Hall–Kier alpha value is 0.427. The van der Waals surface area contributed by atoms with Crippen LogP contribution in [0, 0.1) is 0 Å². The van der Waals surface area contributed by atoms with Crippen LogP contribution >= 0.6 is 11.9 Å². The second-order valence-electron chi connectivity index (χ2n) is 3.24. The molecule has 0 saturated carbocycles. The van der Waals surface area contributed by atoms with Crippen molar-refractivity contribution in [2.75, 3.05) is 6.61 Å². The summed E-state index contributed by atoms with van der Waals surface area (Å²) in [5.74, 6) is -0.181. The quantitative estimate of drug-likeness (QED) is 0.491. The molecule has 0 heterocycles. The van der Waals surface area contributed by atoms with Crippen LogP contribution in [0.25, 0.3) is 0 Å². The zero-order valence-electron chi connectivity index (χ0n) is 6.98. The van der Waals surface area contributed by atoms with Crippen LogP contribution in [-0.2, 0) is 9.03 Å². The number of ether oxygens (including phenoxy) is 1. The minimum absolute atomic E-state index is 0.181. The molecule has 0 rings (SSSR count). The molecule has 0 fully saturated rings. The van der Waals surface area contributed by atoms with Gasteiger partial charge in [-0.1, -0.05) is 19.6 Å². The predicted molar refractivity (Wildman–Crippen MR) is 45.7 cm³/mol. The third-order valence-corrected chi connectivity index (χ3v) is 3.12. The van der Waals surface area contributed by atoms with Gasteiger partial charge in [-0.2, -0.15) is 0 Å². The number of hydrogen-bond acceptors (Lipinski definition) is 2. The highest BCUT2D eigenvalue weighted by atomic mass is 35.5. The van der Waals surface area contributed by atoms with E-state index in [9.17, 15) is 0 Å². The second-order valence-corrected chi connectivity index (χ2v) is 8.62. The van der Waals surface area contributed by atoms with E-state index in [1.165, 1.54) is 0 Å². The van der Waals surface area contributed by atoms with Crippen molar-refractivity contribution in [2.45, 2.75) is 32.5 Å². The molecule has 10 heavy (non-hydrogen) atoms. The third kappa shape index (κ3) is 3.56. The van der Waals surface area contributed by atoms with Gasteiger partial charge >= 0.3 is 0 Å². The molecule has 0 radical (unpaired) electrons. The van der Waals surface area contributed by atoms with Crippen molar-refractivity contribution in [1.29, 1.82) is 0 Å². The lowest BCUT2D eigenvalue weighted by atomic mass is 10.9. The molecule has 0 spiro atoms. The smallest absolute Gasteiger partial charge is 0.160 e. The molecule has 62 valence electrons. The van der Waals surface area contributed by atoms with Gasteiger partial charge in [-0.3, -0.25) is 4.29 Å². The molecule has 0 aliphatic carbocycles. The number of hydrogen-bond donors (Lipinski definition) is 0. The first-order chi connectivity index (χ1) is 4.52.